The number of carboxylic acid groups (broad SMARTS) is 1. The zero-order valence-corrected chi connectivity index (χ0v) is 11.7. The molecular formula is C13H15NO5S. The van der Waals surface area contributed by atoms with Crippen LogP contribution in [0.3, 0.4) is 0 Å². The minimum atomic E-state index is -3.60. The van der Waals surface area contributed by atoms with Crippen molar-refractivity contribution in [2.45, 2.75) is 23.8 Å². The van der Waals surface area contributed by atoms with Gasteiger partial charge in [0.05, 0.1) is 17.4 Å². The van der Waals surface area contributed by atoms with E-state index < -0.39 is 21.4 Å². The third-order valence-corrected chi connectivity index (χ3v) is 5.81. The fraction of sp³-hybridized carbons (Fsp3) is 0.462. The van der Waals surface area contributed by atoms with Gasteiger partial charge in [-0.25, -0.2) is 13.1 Å². The van der Waals surface area contributed by atoms with Gasteiger partial charge in [-0.3, -0.25) is 4.79 Å². The predicted octanol–water partition coefficient (Wildman–Crippen LogP) is 0.837. The molecule has 3 rings (SSSR count). The van der Waals surface area contributed by atoms with Gasteiger partial charge in [0.1, 0.15) is 5.75 Å². The first-order valence-electron chi connectivity index (χ1n) is 6.29. The maximum absolute atomic E-state index is 12.2. The molecule has 0 amide bonds. The largest absolute Gasteiger partial charge is 0.497 e. The minimum absolute atomic E-state index is 0.0620. The molecule has 2 aliphatic rings. The number of carboxylic acids is 1. The summed E-state index contributed by atoms with van der Waals surface area (Å²) in [6.07, 6.45) is 0.945. The van der Waals surface area contributed by atoms with E-state index in [2.05, 4.69) is 4.72 Å². The van der Waals surface area contributed by atoms with Gasteiger partial charge in [0, 0.05) is 6.04 Å². The molecule has 0 bridgehead atoms. The summed E-state index contributed by atoms with van der Waals surface area (Å²) < 4.78 is 31.9. The molecular weight excluding hydrogens is 282 g/mol. The first-order valence-corrected chi connectivity index (χ1v) is 7.77. The molecule has 2 N–H and O–H groups in total. The second-order valence-corrected chi connectivity index (χ2v) is 7.09. The molecule has 0 aromatic heterocycles. The highest BCUT2D eigenvalue weighted by molar-refractivity contribution is 7.89. The Labute approximate surface area is 116 Å². The van der Waals surface area contributed by atoms with Gasteiger partial charge in [-0.2, -0.15) is 0 Å². The van der Waals surface area contributed by atoms with E-state index >= 15 is 0 Å². The molecule has 0 unspecified atom stereocenters. The zero-order chi connectivity index (χ0) is 14.5. The molecule has 20 heavy (non-hydrogen) atoms. The van der Waals surface area contributed by atoms with E-state index in [1.807, 2.05) is 0 Å². The van der Waals surface area contributed by atoms with Crippen molar-refractivity contribution in [2.75, 3.05) is 7.11 Å². The van der Waals surface area contributed by atoms with Crippen LogP contribution in [0.1, 0.15) is 12.8 Å². The smallest absolute Gasteiger partial charge is 0.310 e. The number of methoxy groups -OCH3 is 1. The molecule has 0 spiro atoms. The number of hydrogen-bond donors (Lipinski definition) is 2. The lowest BCUT2D eigenvalue weighted by Crippen LogP contribution is -2.48. The Hall–Kier alpha value is -1.60. The van der Waals surface area contributed by atoms with Crippen LogP contribution < -0.4 is 9.46 Å². The van der Waals surface area contributed by atoms with E-state index in [1.54, 1.807) is 12.1 Å². The number of rotatable bonds is 5. The van der Waals surface area contributed by atoms with Crippen LogP contribution >= 0.6 is 0 Å². The van der Waals surface area contributed by atoms with Gasteiger partial charge >= 0.3 is 5.97 Å². The maximum Gasteiger partial charge on any atom is 0.310 e. The Morgan fingerprint density at radius 2 is 2.00 bits per heavy atom. The van der Waals surface area contributed by atoms with Gasteiger partial charge in [0.25, 0.3) is 0 Å². The molecule has 108 valence electrons. The van der Waals surface area contributed by atoms with E-state index in [4.69, 9.17) is 9.84 Å². The fourth-order valence-electron chi connectivity index (χ4n) is 2.95. The molecule has 1 aromatic rings. The average molecular weight is 297 g/mol. The third kappa shape index (κ3) is 1.89. The van der Waals surface area contributed by atoms with E-state index in [0.717, 1.165) is 0 Å². The Kier molecular flexibility index (Phi) is 2.81. The van der Waals surface area contributed by atoms with Crippen molar-refractivity contribution in [2.24, 2.45) is 11.3 Å². The third-order valence-electron chi connectivity index (χ3n) is 4.31. The number of ether oxygens (including phenoxy) is 1. The summed E-state index contributed by atoms with van der Waals surface area (Å²) in [7, 11) is -2.09. The summed E-state index contributed by atoms with van der Waals surface area (Å²) in [4.78, 5) is 11.2. The predicted molar refractivity (Wildman–Crippen MR) is 69.9 cm³/mol. The average Bonchev–Trinajstić information content (AvgIpc) is 3.03. The van der Waals surface area contributed by atoms with Gasteiger partial charge in [-0.05, 0) is 43.0 Å². The number of fused-ring (bicyclic) bond motifs is 1. The van der Waals surface area contributed by atoms with Gasteiger partial charge in [0.2, 0.25) is 10.0 Å². The molecule has 2 saturated carbocycles. The number of sulfonamides is 1. The molecule has 7 heteroatoms. The van der Waals surface area contributed by atoms with Crippen LogP contribution in [0.25, 0.3) is 0 Å². The Balaban J connectivity index is 1.70. The summed E-state index contributed by atoms with van der Waals surface area (Å²) in [5.74, 6) is -0.296. The highest BCUT2D eigenvalue weighted by Crippen LogP contribution is 2.67. The fourth-order valence-corrected chi connectivity index (χ4v) is 4.23. The molecule has 1 aromatic carbocycles. The van der Waals surface area contributed by atoms with E-state index in [1.165, 1.54) is 19.2 Å². The summed E-state index contributed by atoms with van der Waals surface area (Å²) >= 11 is 0. The molecule has 0 aliphatic heterocycles. The number of nitrogens with one attached hydrogen (secondary N) is 1. The molecule has 0 radical (unpaired) electrons. The zero-order valence-electron chi connectivity index (χ0n) is 10.9. The summed E-state index contributed by atoms with van der Waals surface area (Å²) in [6.45, 7) is 0. The summed E-state index contributed by atoms with van der Waals surface area (Å²) in [6, 6.07) is 5.83. The Morgan fingerprint density at radius 3 is 2.45 bits per heavy atom. The lowest BCUT2D eigenvalue weighted by molar-refractivity contribution is -0.147. The molecule has 0 saturated heterocycles. The van der Waals surface area contributed by atoms with Gasteiger partial charge < -0.3 is 9.84 Å². The normalized spacial score (nSPS) is 31.1. The number of benzene rings is 1. The quantitative estimate of drug-likeness (QED) is 0.840. The summed E-state index contributed by atoms with van der Waals surface area (Å²) in [5, 5.41) is 9.03. The van der Waals surface area contributed by atoms with Crippen molar-refractivity contribution < 1.29 is 23.1 Å². The molecule has 2 aliphatic carbocycles. The van der Waals surface area contributed by atoms with Crippen molar-refractivity contribution in [1.82, 2.24) is 4.72 Å². The van der Waals surface area contributed by atoms with Crippen LogP contribution in [0.15, 0.2) is 29.2 Å². The second kappa shape index (κ2) is 4.20. The number of carbonyl (C=O) groups is 1. The topological polar surface area (TPSA) is 92.7 Å². The van der Waals surface area contributed by atoms with Crippen molar-refractivity contribution in [3.8, 4) is 5.75 Å². The van der Waals surface area contributed by atoms with E-state index in [-0.39, 0.29) is 16.9 Å². The standard InChI is InChI=1S/C13H15NO5S/c1-19-8-2-4-9(5-3-8)20(17,18)14-11-7-13(12(15)16)6-10(11)13/h2-5,10-11,14H,6-7H2,1H3,(H,15,16)/t10-,11-,13-/m1/s1. The molecule has 0 heterocycles. The van der Waals surface area contributed by atoms with Crippen LogP contribution in [-0.2, 0) is 14.8 Å². The van der Waals surface area contributed by atoms with Gasteiger partial charge in [-0.1, -0.05) is 0 Å². The molecule has 6 nitrogen and oxygen atoms in total. The van der Waals surface area contributed by atoms with Crippen LogP contribution in [0, 0.1) is 11.3 Å². The number of aliphatic carboxylic acids is 1. The lowest BCUT2D eigenvalue weighted by Gasteiger charge is -2.31. The van der Waals surface area contributed by atoms with Crippen LogP contribution in [0.2, 0.25) is 0 Å². The first kappa shape index (κ1) is 13.4. The van der Waals surface area contributed by atoms with Crippen molar-refractivity contribution >= 4 is 16.0 Å². The second-order valence-electron chi connectivity index (χ2n) is 5.38. The van der Waals surface area contributed by atoms with Crippen LogP contribution in [0.5, 0.6) is 5.75 Å². The highest BCUT2D eigenvalue weighted by atomic mass is 32.2. The molecule has 2 fully saturated rings. The maximum atomic E-state index is 12.2. The van der Waals surface area contributed by atoms with Crippen LogP contribution in [-0.4, -0.2) is 32.6 Å². The lowest BCUT2D eigenvalue weighted by atomic mass is 9.81. The van der Waals surface area contributed by atoms with Crippen molar-refractivity contribution in [3.63, 3.8) is 0 Å². The highest BCUT2D eigenvalue weighted by Gasteiger charge is 2.72. The SMILES string of the molecule is COc1ccc(S(=O)(=O)N[C@@H]2C[C@]3(C(=O)O)C[C@H]23)cc1. The Bertz CT molecular complexity index is 654. The first-order chi connectivity index (χ1) is 9.39. The Morgan fingerprint density at radius 1 is 1.35 bits per heavy atom. The number of hydrogen-bond acceptors (Lipinski definition) is 4. The monoisotopic (exact) mass is 297 g/mol. The minimum Gasteiger partial charge on any atom is -0.497 e. The molecule has 3 atom stereocenters. The van der Waals surface area contributed by atoms with Crippen LogP contribution in [0.4, 0.5) is 0 Å². The van der Waals surface area contributed by atoms with Crippen molar-refractivity contribution in [1.29, 1.82) is 0 Å². The van der Waals surface area contributed by atoms with Gasteiger partial charge in [-0.15, -0.1) is 0 Å². The summed E-state index contributed by atoms with van der Waals surface area (Å²) in [5.41, 5.74) is -0.660. The van der Waals surface area contributed by atoms with Crippen molar-refractivity contribution in [3.05, 3.63) is 24.3 Å². The van der Waals surface area contributed by atoms with E-state index in [9.17, 15) is 13.2 Å². The van der Waals surface area contributed by atoms with Gasteiger partial charge in [0.15, 0.2) is 0 Å². The van der Waals surface area contributed by atoms with E-state index in [0.29, 0.717) is 18.6 Å².